The summed E-state index contributed by atoms with van der Waals surface area (Å²) in [5.41, 5.74) is 0.862. The molecule has 2 aromatic rings. The van der Waals surface area contributed by atoms with Gasteiger partial charge in [-0.15, -0.1) is 0 Å². The van der Waals surface area contributed by atoms with Gasteiger partial charge >= 0.3 is 0 Å². The van der Waals surface area contributed by atoms with Gasteiger partial charge in [-0.3, -0.25) is 14.9 Å². The van der Waals surface area contributed by atoms with Crippen LogP contribution in [0.15, 0.2) is 54.1 Å². The Morgan fingerprint density at radius 2 is 1.83 bits per heavy atom. The van der Waals surface area contributed by atoms with Crippen LogP contribution in [0.5, 0.6) is 5.75 Å². The van der Waals surface area contributed by atoms with Crippen molar-refractivity contribution in [2.75, 3.05) is 12.4 Å². The molecule has 2 aromatic carbocycles. The Hall–Kier alpha value is -3.66. The number of nitro benzene ring substituents is 1. The van der Waals surface area contributed by atoms with Gasteiger partial charge in [-0.1, -0.05) is 0 Å². The first-order valence-electron chi connectivity index (χ1n) is 6.85. The molecule has 2 rings (SSSR count). The van der Waals surface area contributed by atoms with Crippen LogP contribution in [0.3, 0.4) is 0 Å². The van der Waals surface area contributed by atoms with Gasteiger partial charge in [-0.25, -0.2) is 0 Å². The number of nitro groups is 1. The monoisotopic (exact) mass is 323 g/mol. The maximum Gasteiger partial charge on any atom is 0.269 e. The molecule has 0 fully saturated rings. The summed E-state index contributed by atoms with van der Waals surface area (Å²) in [5.74, 6) is 0.0796. The molecule has 0 aromatic heterocycles. The lowest BCUT2D eigenvalue weighted by molar-refractivity contribution is -0.384. The number of methoxy groups -OCH3 is 1. The second-order valence-electron chi connectivity index (χ2n) is 4.70. The fourth-order valence-electron chi connectivity index (χ4n) is 1.88. The summed E-state index contributed by atoms with van der Waals surface area (Å²) in [6.07, 6.45) is 1.36. The molecular formula is C17H13N3O4. The third-order valence-corrected chi connectivity index (χ3v) is 3.13. The number of anilines is 1. The number of hydrogen-bond acceptors (Lipinski definition) is 5. The smallest absolute Gasteiger partial charge is 0.269 e. The first-order chi connectivity index (χ1) is 11.5. The van der Waals surface area contributed by atoms with E-state index in [2.05, 4.69) is 5.32 Å². The Labute approximate surface area is 137 Å². The third-order valence-electron chi connectivity index (χ3n) is 3.13. The number of carbonyl (C=O) groups excluding carboxylic acids is 1. The van der Waals surface area contributed by atoms with E-state index in [-0.39, 0.29) is 11.3 Å². The second kappa shape index (κ2) is 7.56. The van der Waals surface area contributed by atoms with Crippen molar-refractivity contribution in [3.05, 3.63) is 69.8 Å². The van der Waals surface area contributed by atoms with Crippen molar-refractivity contribution in [2.45, 2.75) is 0 Å². The van der Waals surface area contributed by atoms with Gasteiger partial charge in [0.05, 0.1) is 12.0 Å². The van der Waals surface area contributed by atoms with Gasteiger partial charge in [0.25, 0.3) is 11.6 Å². The Bertz CT molecular complexity index is 818. The minimum atomic E-state index is -0.569. The number of benzene rings is 2. The fraction of sp³-hybridized carbons (Fsp3) is 0.0588. The van der Waals surface area contributed by atoms with Gasteiger partial charge < -0.3 is 10.1 Å². The van der Waals surface area contributed by atoms with Gasteiger partial charge in [0.15, 0.2) is 0 Å². The molecule has 0 heterocycles. The Morgan fingerprint density at radius 1 is 1.21 bits per heavy atom. The average molecular weight is 323 g/mol. The van der Waals surface area contributed by atoms with E-state index in [4.69, 9.17) is 10.00 Å². The largest absolute Gasteiger partial charge is 0.497 e. The summed E-state index contributed by atoms with van der Waals surface area (Å²) >= 11 is 0. The number of carbonyl (C=O) groups is 1. The number of rotatable bonds is 5. The molecule has 24 heavy (non-hydrogen) atoms. The normalized spacial score (nSPS) is 10.6. The van der Waals surface area contributed by atoms with E-state index in [1.807, 2.05) is 6.07 Å². The lowest BCUT2D eigenvalue weighted by atomic mass is 10.1. The number of nitrogens with one attached hydrogen (secondary N) is 1. The molecule has 0 aliphatic heterocycles. The van der Waals surface area contributed by atoms with Crippen LogP contribution in [0.1, 0.15) is 5.56 Å². The van der Waals surface area contributed by atoms with Crippen LogP contribution >= 0.6 is 0 Å². The highest BCUT2D eigenvalue weighted by atomic mass is 16.6. The molecule has 0 radical (unpaired) electrons. The molecule has 0 aliphatic rings. The minimum Gasteiger partial charge on any atom is -0.497 e. The zero-order valence-corrected chi connectivity index (χ0v) is 12.7. The maximum atomic E-state index is 12.1. The fourth-order valence-corrected chi connectivity index (χ4v) is 1.88. The summed E-state index contributed by atoms with van der Waals surface area (Å²) in [7, 11) is 1.54. The van der Waals surface area contributed by atoms with E-state index in [1.165, 1.54) is 37.5 Å². The first-order valence-corrected chi connectivity index (χ1v) is 6.85. The minimum absolute atomic E-state index is 0.0617. The zero-order valence-electron chi connectivity index (χ0n) is 12.7. The van der Waals surface area contributed by atoms with E-state index in [9.17, 15) is 14.9 Å². The molecule has 0 bridgehead atoms. The molecule has 0 atom stereocenters. The molecule has 7 heteroatoms. The van der Waals surface area contributed by atoms with Gasteiger partial charge in [0.1, 0.15) is 17.4 Å². The van der Waals surface area contributed by atoms with Crippen molar-refractivity contribution in [1.82, 2.24) is 0 Å². The van der Waals surface area contributed by atoms with Crippen molar-refractivity contribution < 1.29 is 14.5 Å². The molecular weight excluding hydrogens is 310 g/mol. The molecule has 1 amide bonds. The maximum absolute atomic E-state index is 12.1. The Morgan fingerprint density at radius 3 is 2.33 bits per heavy atom. The summed E-state index contributed by atoms with van der Waals surface area (Å²) in [6.45, 7) is 0. The van der Waals surface area contributed by atoms with E-state index < -0.39 is 10.8 Å². The molecule has 0 saturated heterocycles. The van der Waals surface area contributed by atoms with E-state index in [0.29, 0.717) is 17.0 Å². The van der Waals surface area contributed by atoms with Crippen molar-refractivity contribution in [3.63, 3.8) is 0 Å². The molecule has 0 saturated carbocycles. The van der Waals surface area contributed by atoms with Crippen molar-refractivity contribution in [3.8, 4) is 11.8 Å². The van der Waals surface area contributed by atoms with Gasteiger partial charge in [-0.05, 0) is 48.0 Å². The molecule has 0 unspecified atom stereocenters. The summed E-state index contributed by atoms with van der Waals surface area (Å²) < 4.78 is 5.02. The van der Waals surface area contributed by atoms with Crippen molar-refractivity contribution in [2.24, 2.45) is 0 Å². The quantitative estimate of drug-likeness (QED) is 0.394. The van der Waals surface area contributed by atoms with E-state index >= 15 is 0 Å². The van der Waals surface area contributed by atoms with Crippen LogP contribution in [-0.2, 0) is 4.79 Å². The molecule has 0 aliphatic carbocycles. The highest BCUT2D eigenvalue weighted by Gasteiger charge is 2.10. The highest BCUT2D eigenvalue weighted by Crippen LogP contribution is 2.17. The Kier molecular flexibility index (Phi) is 5.26. The number of non-ortho nitro benzene ring substituents is 1. The Balaban J connectivity index is 2.15. The van der Waals surface area contributed by atoms with E-state index in [1.54, 1.807) is 24.3 Å². The summed E-state index contributed by atoms with van der Waals surface area (Å²) in [5, 5.41) is 22.4. The van der Waals surface area contributed by atoms with Crippen LogP contribution < -0.4 is 10.1 Å². The first kappa shape index (κ1) is 16.7. The molecule has 0 spiro atoms. The topological polar surface area (TPSA) is 105 Å². The summed E-state index contributed by atoms with van der Waals surface area (Å²) in [4.78, 5) is 22.2. The molecule has 1 N–H and O–H groups in total. The highest BCUT2D eigenvalue weighted by molar-refractivity contribution is 6.09. The van der Waals surface area contributed by atoms with Gasteiger partial charge in [-0.2, -0.15) is 5.26 Å². The number of nitrogens with zero attached hydrogens (tertiary/aromatic N) is 2. The lowest BCUT2D eigenvalue weighted by Crippen LogP contribution is -2.13. The standard InChI is InChI=1S/C17H13N3O4/c1-24-16-8-4-14(5-9-16)19-17(21)13(11-18)10-12-2-6-15(7-3-12)20(22)23/h2-10H,1H3,(H,19,21)/b13-10-. The van der Waals surface area contributed by atoms with Crippen LogP contribution in [0.25, 0.3) is 6.08 Å². The predicted octanol–water partition coefficient (Wildman–Crippen LogP) is 3.15. The van der Waals surface area contributed by atoms with Crippen LogP contribution in [0.4, 0.5) is 11.4 Å². The second-order valence-corrected chi connectivity index (χ2v) is 4.70. The lowest BCUT2D eigenvalue weighted by Gasteiger charge is -2.05. The molecule has 7 nitrogen and oxygen atoms in total. The molecule has 120 valence electrons. The average Bonchev–Trinajstić information content (AvgIpc) is 2.60. The van der Waals surface area contributed by atoms with Crippen LogP contribution in [0.2, 0.25) is 0 Å². The van der Waals surface area contributed by atoms with Crippen LogP contribution in [-0.4, -0.2) is 17.9 Å². The zero-order chi connectivity index (χ0) is 17.5. The predicted molar refractivity (Wildman–Crippen MR) is 88.3 cm³/mol. The van der Waals surface area contributed by atoms with E-state index in [0.717, 1.165) is 0 Å². The van der Waals surface area contributed by atoms with Crippen LogP contribution in [0, 0.1) is 21.4 Å². The number of amides is 1. The third kappa shape index (κ3) is 4.18. The van der Waals surface area contributed by atoms with Crippen molar-refractivity contribution in [1.29, 1.82) is 5.26 Å². The van der Waals surface area contributed by atoms with Gasteiger partial charge in [0, 0.05) is 17.8 Å². The number of hydrogen-bond donors (Lipinski definition) is 1. The number of nitriles is 1. The number of ether oxygens (including phenoxy) is 1. The SMILES string of the molecule is COc1ccc(NC(=O)/C(C#N)=C\c2ccc([N+](=O)[O-])cc2)cc1. The summed E-state index contributed by atoms with van der Waals surface area (Å²) in [6, 6.07) is 14.0. The van der Waals surface area contributed by atoms with Gasteiger partial charge in [0.2, 0.25) is 0 Å². The van der Waals surface area contributed by atoms with Crippen molar-refractivity contribution >= 4 is 23.4 Å².